The van der Waals surface area contributed by atoms with Crippen molar-refractivity contribution >= 4 is 16.2 Å². The number of oxazole rings is 3. The number of carbonyl (C=O) groups is 1. The van der Waals surface area contributed by atoms with Gasteiger partial charge in [-0.3, -0.25) is 4.90 Å². The Balaban J connectivity index is 1.61. The molecule has 1 aliphatic rings. The lowest BCUT2D eigenvalue weighted by atomic mass is 10.1. The number of rotatable bonds is 5. The molecule has 0 unspecified atom stereocenters. The van der Waals surface area contributed by atoms with E-state index in [0.717, 1.165) is 6.26 Å². The fourth-order valence-electron chi connectivity index (χ4n) is 3.87. The zero-order valence-electron chi connectivity index (χ0n) is 21.8. The third kappa shape index (κ3) is 5.59. The summed E-state index contributed by atoms with van der Waals surface area (Å²) in [5, 5.41) is 0. The Morgan fingerprint density at radius 3 is 2.33 bits per heavy atom. The van der Waals surface area contributed by atoms with Crippen LogP contribution in [0.4, 0.5) is 18.0 Å². The van der Waals surface area contributed by atoms with Gasteiger partial charge in [-0.1, -0.05) is 0 Å². The molecule has 1 amide bonds. The van der Waals surface area contributed by atoms with E-state index in [1.54, 1.807) is 48.5 Å². The standard InChI is InChI=1S/C22H25F3N4O9S/c1-10-14(17-26-12(8-33-17)16-27-13(9-34-16)38-39(31,32)22(23,24)25)28-18(35-10)15-11(2)36-21(6,7)29(15)19(30)37-20(3,4)5/h8-9,11,15H,1-7H3/t11-,15+/m1/s1. The summed E-state index contributed by atoms with van der Waals surface area (Å²) in [5.74, 6) is -1.01. The number of amides is 1. The van der Waals surface area contributed by atoms with E-state index >= 15 is 0 Å². The normalized spacial score (nSPS) is 19.9. The second kappa shape index (κ2) is 9.25. The predicted molar refractivity (Wildman–Crippen MR) is 123 cm³/mol. The Kier molecular flexibility index (Phi) is 6.74. The van der Waals surface area contributed by atoms with Crippen LogP contribution < -0.4 is 4.18 Å². The molecular formula is C22H25F3N4O9S. The second-order valence-corrected chi connectivity index (χ2v) is 11.6. The van der Waals surface area contributed by atoms with E-state index in [4.69, 9.17) is 22.7 Å². The molecule has 1 aliphatic heterocycles. The number of alkyl halides is 3. The van der Waals surface area contributed by atoms with E-state index in [1.807, 2.05) is 0 Å². The van der Waals surface area contributed by atoms with Gasteiger partial charge in [-0.05, 0) is 48.5 Å². The van der Waals surface area contributed by atoms with Gasteiger partial charge in [0, 0.05) is 0 Å². The molecule has 0 aromatic carbocycles. The van der Waals surface area contributed by atoms with Crippen molar-refractivity contribution in [1.29, 1.82) is 0 Å². The van der Waals surface area contributed by atoms with Crippen LogP contribution in [0.3, 0.4) is 0 Å². The van der Waals surface area contributed by atoms with Crippen molar-refractivity contribution < 1.29 is 53.3 Å². The Morgan fingerprint density at radius 1 is 1.08 bits per heavy atom. The third-order valence-electron chi connectivity index (χ3n) is 5.32. The molecule has 2 atom stereocenters. The van der Waals surface area contributed by atoms with Crippen molar-refractivity contribution in [1.82, 2.24) is 19.9 Å². The van der Waals surface area contributed by atoms with Crippen molar-refractivity contribution in [3.63, 3.8) is 0 Å². The van der Waals surface area contributed by atoms with Gasteiger partial charge in [-0.25, -0.2) is 14.8 Å². The van der Waals surface area contributed by atoms with Crippen LogP contribution in [0.15, 0.2) is 25.8 Å². The van der Waals surface area contributed by atoms with E-state index in [9.17, 15) is 26.4 Å². The van der Waals surface area contributed by atoms with Crippen LogP contribution in [0, 0.1) is 6.92 Å². The molecule has 39 heavy (non-hydrogen) atoms. The highest BCUT2D eigenvalue weighted by Crippen LogP contribution is 2.43. The third-order valence-corrected chi connectivity index (χ3v) is 6.28. The average Bonchev–Trinajstić information content (AvgIpc) is 3.50. The highest BCUT2D eigenvalue weighted by molar-refractivity contribution is 7.87. The Hall–Kier alpha value is -3.60. The molecule has 1 saturated heterocycles. The first-order chi connectivity index (χ1) is 17.8. The summed E-state index contributed by atoms with van der Waals surface area (Å²) in [4.78, 5) is 26.6. The molecule has 3 aromatic heterocycles. The minimum absolute atomic E-state index is 0.0734. The fraction of sp³-hybridized carbons (Fsp3) is 0.545. The van der Waals surface area contributed by atoms with E-state index in [1.165, 1.54) is 4.90 Å². The first-order valence-corrected chi connectivity index (χ1v) is 12.8. The Morgan fingerprint density at radius 2 is 1.72 bits per heavy atom. The summed E-state index contributed by atoms with van der Waals surface area (Å²) in [7, 11) is -5.94. The highest BCUT2D eigenvalue weighted by Gasteiger charge is 2.53. The van der Waals surface area contributed by atoms with Crippen molar-refractivity contribution in [2.45, 2.75) is 77.4 Å². The van der Waals surface area contributed by atoms with Gasteiger partial charge in [0.05, 0.1) is 6.10 Å². The summed E-state index contributed by atoms with van der Waals surface area (Å²) >= 11 is 0. The van der Waals surface area contributed by atoms with Crippen molar-refractivity contribution in [3.05, 3.63) is 24.2 Å². The number of halogens is 3. The van der Waals surface area contributed by atoms with Gasteiger partial charge in [0.1, 0.15) is 29.4 Å². The van der Waals surface area contributed by atoms with Crippen LogP contribution in [-0.2, 0) is 19.6 Å². The minimum atomic E-state index is -5.94. The van der Waals surface area contributed by atoms with Crippen molar-refractivity contribution in [2.24, 2.45) is 0 Å². The summed E-state index contributed by atoms with van der Waals surface area (Å²) in [6, 6.07) is -0.765. The van der Waals surface area contributed by atoms with E-state index < -0.39 is 51.1 Å². The number of ether oxygens (including phenoxy) is 2. The van der Waals surface area contributed by atoms with Gasteiger partial charge in [0.25, 0.3) is 11.8 Å². The van der Waals surface area contributed by atoms with E-state index in [0.29, 0.717) is 6.26 Å². The molecule has 0 N–H and O–H groups in total. The molecule has 214 valence electrons. The number of nitrogens with zero attached hydrogens (tertiary/aromatic N) is 4. The molecule has 4 rings (SSSR count). The number of carbonyl (C=O) groups excluding carboxylic acids is 1. The van der Waals surface area contributed by atoms with Gasteiger partial charge < -0.3 is 26.9 Å². The Bertz CT molecular complexity index is 1480. The largest absolute Gasteiger partial charge is 0.534 e. The quantitative estimate of drug-likeness (QED) is 0.296. The number of hydrogen-bond donors (Lipinski definition) is 0. The van der Waals surface area contributed by atoms with Crippen molar-refractivity contribution in [3.8, 4) is 29.0 Å². The highest BCUT2D eigenvalue weighted by atomic mass is 32.2. The monoisotopic (exact) mass is 578 g/mol. The first-order valence-electron chi connectivity index (χ1n) is 11.4. The predicted octanol–water partition coefficient (Wildman–Crippen LogP) is 4.95. The zero-order valence-corrected chi connectivity index (χ0v) is 22.6. The lowest BCUT2D eigenvalue weighted by Crippen LogP contribution is -2.47. The summed E-state index contributed by atoms with van der Waals surface area (Å²) in [6.45, 7) is 12.0. The molecule has 3 aromatic rings. The molecule has 0 saturated carbocycles. The number of aromatic nitrogens is 3. The van der Waals surface area contributed by atoms with E-state index in [2.05, 4.69) is 19.1 Å². The van der Waals surface area contributed by atoms with Gasteiger partial charge >= 0.3 is 21.7 Å². The molecule has 0 bridgehead atoms. The molecule has 0 aliphatic carbocycles. The number of hydrogen-bond acceptors (Lipinski definition) is 12. The van der Waals surface area contributed by atoms with Gasteiger partial charge in [0.2, 0.25) is 11.8 Å². The number of aryl methyl sites for hydroxylation is 1. The Labute approximate surface area is 220 Å². The molecule has 17 heteroatoms. The maximum atomic E-state index is 13.1. The topological polar surface area (TPSA) is 160 Å². The lowest BCUT2D eigenvalue weighted by Gasteiger charge is -2.34. The van der Waals surface area contributed by atoms with Crippen LogP contribution in [0.5, 0.6) is 5.88 Å². The molecule has 1 fully saturated rings. The summed E-state index contributed by atoms with van der Waals surface area (Å²) < 4.78 is 91.7. The van der Waals surface area contributed by atoms with E-state index in [-0.39, 0.29) is 34.8 Å². The second-order valence-electron chi connectivity index (χ2n) is 10.0. The van der Waals surface area contributed by atoms with Gasteiger partial charge in [0.15, 0.2) is 17.7 Å². The van der Waals surface area contributed by atoms with Crippen LogP contribution >= 0.6 is 0 Å². The minimum Gasteiger partial charge on any atom is -0.444 e. The summed E-state index contributed by atoms with van der Waals surface area (Å²) in [6.07, 6.45) is 0.472. The van der Waals surface area contributed by atoms with Crippen LogP contribution in [0.25, 0.3) is 23.2 Å². The van der Waals surface area contributed by atoms with Crippen LogP contribution in [0.2, 0.25) is 0 Å². The average molecular weight is 579 g/mol. The van der Waals surface area contributed by atoms with Crippen molar-refractivity contribution in [2.75, 3.05) is 0 Å². The summed E-state index contributed by atoms with van der Waals surface area (Å²) in [5.41, 5.74) is -7.40. The SMILES string of the molecule is Cc1oc([C@@H]2[C@@H](C)OC(C)(C)N2C(=O)OC(C)(C)C)nc1-c1nc(-c2nc(OS(=O)(=O)C(F)(F)F)co2)co1. The lowest BCUT2D eigenvalue weighted by molar-refractivity contribution is -0.0760. The molecule has 0 spiro atoms. The first kappa shape index (κ1) is 28.4. The molecule has 0 radical (unpaired) electrons. The maximum Gasteiger partial charge on any atom is 0.534 e. The fourth-order valence-corrected chi connectivity index (χ4v) is 4.27. The maximum absolute atomic E-state index is 13.1. The van der Waals surface area contributed by atoms with Crippen LogP contribution in [0.1, 0.15) is 59.2 Å². The zero-order chi connectivity index (χ0) is 29.1. The molecular weight excluding hydrogens is 553 g/mol. The molecule has 4 heterocycles. The van der Waals surface area contributed by atoms with Gasteiger partial charge in [-0.15, -0.1) is 0 Å². The van der Waals surface area contributed by atoms with Crippen LogP contribution in [-0.4, -0.2) is 57.3 Å². The molecule has 13 nitrogen and oxygen atoms in total. The smallest absolute Gasteiger partial charge is 0.444 e. The van der Waals surface area contributed by atoms with Gasteiger partial charge in [-0.2, -0.15) is 26.6 Å².